The molecule has 0 atom stereocenters. The van der Waals surface area contributed by atoms with Gasteiger partial charge in [0.15, 0.2) is 17.5 Å². The van der Waals surface area contributed by atoms with Crippen LogP contribution in [0.4, 0.5) is 22.0 Å². The minimum atomic E-state index is -1.75. The van der Waals surface area contributed by atoms with Gasteiger partial charge in [0.2, 0.25) is 0 Å². The molecule has 0 unspecified atom stereocenters. The summed E-state index contributed by atoms with van der Waals surface area (Å²) in [5.74, 6) is -6.94. The van der Waals surface area contributed by atoms with Crippen molar-refractivity contribution in [2.45, 2.75) is 64.7 Å². The Labute approximate surface area is 208 Å². The quantitative estimate of drug-likeness (QED) is 0.164. The molecule has 2 aliphatic carbocycles. The van der Waals surface area contributed by atoms with Gasteiger partial charge in [-0.25, -0.2) is 26.7 Å². The van der Waals surface area contributed by atoms with E-state index in [1.807, 2.05) is 0 Å². The molecule has 0 bridgehead atoms. The van der Waals surface area contributed by atoms with Gasteiger partial charge >= 0.3 is 5.97 Å². The van der Waals surface area contributed by atoms with E-state index in [2.05, 4.69) is 11.7 Å². The second kappa shape index (κ2) is 11.6. The molecule has 2 aromatic carbocycles. The summed E-state index contributed by atoms with van der Waals surface area (Å²) in [6, 6.07) is 2.58. The number of ether oxygens (including phenoxy) is 2. The summed E-state index contributed by atoms with van der Waals surface area (Å²) in [6.45, 7) is 2.59. The average Bonchev–Trinajstić information content (AvgIpc) is 2.86. The highest BCUT2D eigenvalue weighted by atomic mass is 19.2. The van der Waals surface area contributed by atoms with Gasteiger partial charge in [0, 0.05) is 24.3 Å². The summed E-state index contributed by atoms with van der Waals surface area (Å²) in [6.07, 6.45) is 10.9. The standard InChI is InChI=1S/C28H31F5O3/c1-2-16-3-7-18(8-4-16)19-9-5-17(6-10-19)15-35-20-11-22(29)26(23(30)12-20)28(34)36-21-13-24(31)27(33)25(32)14-21/h11-14,16-19H,2-10,15H2,1H3. The molecule has 2 aromatic rings. The molecule has 0 saturated heterocycles. The first-order chi connectivity index (χ1) is 17.2. The second-order valence-corrected chi connectivity index (χ2v) is 10.1. The zero-order chi connectivity index (χ0) is 25.8. The summed E-state index contributed by atoms with van der Waals surface area (Å²) in [5, 5.41) is 0. The number of carbonyl (C=O) groups excluding carboxylic acids is 1. The Kier molecular flexibility index (Phi) is 8.52. The van der Waals surface area contributed by atoms with Crippen LogP contribution in [0.2, 0.25) is 0 Å². The van der Waals surface area contributed by atoms with Crippen molar-refractivity contribution in [1.29, 1.82) is 0 Å². The predicted octanol–water partition coefficient (Wildman–Crippen LogP) is 8.00. The second-order valence-electron chi connectivity index (χ2n) is 10.1. The van der Waals surface area contributed by atoms with E-state index in [-0.39, 0.29) is 5.75 Å². The highest BCUT2D eigenvalue weighted by Gasteiger charge is 2.31. The average molecular weight is 511 g/mol. The molecule has 3 nitrogen and oxygen atoms in total. The topological polar surface area (TPSA) is 35.5 Å². The molecule has 2 aliphatic rings. The molecule has 0 heterocycles. The van der Waals surface area contributed by atoms with Gasteiger partial charge in [-0.2, -0.15) is 0 Å². The van der Waals surface area contributed by atoms with Crippen molar-refractivity contribution in [3.8, 4) is 11.5 Å². The van der Waals surface area contributed by atoms with Gasteiger partial charge in [-0.15, -0.1) is 0 Å². The lowest BCUT2D eigenvalue weighted by atomic mass is 9.69. The number of halogens is 5. The van der Waals surface area contributed by atoms with E-state index in [0.29, 0.717) is 24.7 Å². The van der Waals surface area contributed by atoms with Crippen molar-refractivity contribution < 1.29 is 36.2 Å². The SMILES string of the molecule is CCC1CCC(C2CCC(COc3cc(F)c(C(=O)Oc4cc(F)c(F)c(F)c4)c(F)c3)CC2)CC1. The Morgan fingerprint density at radius 1 is 0.722 bits per heavy atom. The zero-order valence-electron chi connectivity index (χ0n) is 20.3. The van der Waals surface area contributed by atoms with Crippen LogP contribution in [0.25, 0.3) is 0 Å². The summed E-state index contributed by atoms with van der Waals surface area (Å²) < 4.78 is 79.0. The van der Waals surface area contributed by atoms with Crippen molar-refractivity contribution >= 4 is 5.97 Å². The first-order valence-corrected chi connectivity index (χ1v) is 12.7. The minimum Gasteiger partial charge on any atom is -0.493 e. The Morgan fingerprint density at radius 2 is 1.19 bits per heavy atom. The number of benzene rings is 2. The highest BCUT2D eigenvalue weighted by Crippen LogP contribution is 2.42. The number of rotatable bonds is 7. The maximum Gasteiger partial charge on any atom is 0.349 e. The molecule has 4 rings (SSSR count). The van der Waals surface area contributed by atoms with Gasteiger partial charge in [-0.05, 0) is 62.2 Å². The minimum absolute atomic E-state index is 0.0552. The van der Waals surface area contributed by atoms with E-state index >= 15 is 0 Å². The molecule has 0 aromatic heterocycles. The molecule has 196 valence electrons. The fourth-order valence-corrected chi connectivity index (χ4v) is 5.69. The summed E-state index contributed by atoms with van der Waals surface area (Å²) >= 11 is 0. The molecule has 0 amide bonds. The van der Waals surface area contributed by atoms with Crippen LogP contribution in [0, 0.1) is 52.8 Å². The van der Waals surface area contributed by atoms with Crippen LogP contribution in [0.1, 0.15) is 75.1 Å². The molecule has 0 aliphatic heterocycles. The maximum atomic E-state index is 14.5. The summed E-state index contributed by atoms with van der Waals surface area (Å²) in [7, 11) is 0. The molecule has 0 N–H and O–H groups in total. The first-order valence-electron chi connectivity index (χ1n) is 12.7. The van der Waals surface area contributed by atoms with Crippen LogP contribution in [-0.4, -0.2) is 12.6 Å². The highest BCUT2D eigenvalue weighted by molar-refractivity contribution is 5.91. The third-order valence-electron chi connectivity index (χ3n) is 7.90. The van der Waals surface area contributed by atoms with Crippen LogP contribution in [0.3, 0.4) is 0 Å². The molecular weight excluding hydrogens is 479 g/mol. The lowest BCUT2D eigenvalue weighted by Gasteiger charge is -2.37. The number of carbonyl (C=O) groups is 1. The van der Waals surface area contributed by atoms with Crippen LogP contribution in [0.15, 0.2) is 24.3 Å². The number of hydrogen-bond acceptors (Lipinski definition) is 3. The van der Waals surface area contributed by atoms with Crippen molar-refractivity contribution in [2.24, 2.45) is 23.7 Å². The number of esters is 1. The van der Waals surface area contributed by atoms with Gasteiger partial charge in [0.25, 0.3) is 0 Å². The fraction of sp³-hybridized carbons (Fsp3) is 0.536. The lowest BCUT2D eigenvalue weighted by molar-refractivity contribution is 0.0723. The largest absolute Gasteiger partial charge is 0.493 e. The van der Waals surface area contributed by atoms with Gasteiger partial charge in [0.1, 0.15) is 28.7 Å². The van der Waals surface area contributed by atoms with Crippen molar-refractivity contribution in [3.63, 3.8) is 0 Å². The maximum absolute atomic E-state index is 14.5. The van der Waals surface area contributed by atoms with Crippen molar-refractivity contribution in [3.05, 3.63) is 58.9 Å². The molecule has 2 fully saturated rings. The van der Waals surface area contributed by atoms with Gasteiger partial charge < -0.3 is 9.47 Å². The van der Waals surface area contributed by atoms with Crippen LogP contribution >= 0.6 is 0 Å². The third kappa shape index (κ3) is 6.19. The number of hydrogen-bond donors (Lipinski definition) is 0. The van der Waals surface area contributed by atoms with Crippen LogP contribution in [0.5, 0.6) is 11.5 Å². The molecule has 0 spiro atoms. The van der Waals surface area contributed by atoms with E-state index < -0.39 is 46.4 Å². The zero-order valence-corrected chi connectivity index (χ0v) is 20.3. The van der Waals surface area contributed by atoms with E-state index in [4.69, 9.17) is 4.74 Å². The molecule has 0 radical (unpaired) electrons. The van der Waals surface area contributed by atoms with E-state index in [1.54, 1.807) is 0 Å². The van der Waals surface area contributed by atoms with E-state index in [1.165, 1.54) is 32.1 Å². The first kappa shape index (κ1) is 26.4. The smallest absolute Gasteiger partial charge is 0.349 e. The van der Waals surface area contributed by atoms with Crippen LogP contribution < -0.4 is 9.47 Å². The van der Waals surface area contributed by atoms with Gasteiger partial charge in [0.05, 0.1) is 6.61 Å². The van der Waals surface area contributed by atoms with Crippen LogP contribution in [-0.2, 0) is 0 Å². The van der Waals surface area contributed by atoms with Crippen molar-refractivity contribution in [2.75, 3.05) is 6.61 Å². The Bertz CT molecular complexity index is 1030. The van der Waals surface area contributed by atoms with Gasteiger partial charge in [-0.3, -0.25) is 0 Å². The molecule has 2 saturated carbocycles. The Balaban J connectivity index is 1.30. The van der Waals surface area contributed by atoms with Crippen molar-refractivity contribution in [1.82, 2.24) is 0 Å². The fourth-order valence-electron chi connectivity index (χ4n) is 5.69. The monoisotopic (exact) mass is 510 g/mol. The lowest BCUT2D eigenvalue weighted by Crippen LogP contribution is -2.27. The predicted molar refractivity (Wildman–Crippen MR) is 124 cm³/mol. The van der Waals surface area contributed by atoms with E-state index in [0.717, 1.165) is 55.6 Å². The Hall–Kier alpha value is -2.64. The molecule has 8 heteroatoms. The Morgan fingerprint density at radius 3 is 1.69 bits per heavy atom. The van der Waals surface area contributed by atoms with E-state index in [9.17, 15) is 26.7 Å². The molecule has 36 heavy (non-hydrogen) atoms. The summed E-state index contributed by atoms with van der Waals surface area (Å²) in [4.78, 5) is 12.2. The molecular formula is C28H31F5O3. The van der Waals surface area contributed by atoms with Gasteiger partial charge in [-0.1, -0.05) is 26.2 Å². The third-order valence-corrected chi connectivity index (χ3v) is 7.90. The normalized spacial score (nSPS) is 24.4. The summed E-state index contributed by atoms with van der Waals surface area (Å²) in [5.41, 5.74) is -1.04.